The molecule has 1 aliphatic rings. The normalized spacial score (nSPS) is 16.0. The highest BCUT2D eigenvalue weighted by Gasteiger charge is 2.29. The Hall–Kier alpha value is -2.24. The Morgan fingerprint density at radius 2 is 1.85 bits per heavy atom. The molecule has 2 aromatic carbocycles. The summed E-state index contributed by atoms with van der Waals surface area (Å²) < 4.78 is 5.35. The fraction of sp³-hybridized carbons (Fsp3) is 0.381. The van der Waals surface area contributed by atoms with Gasteiger partial charge in [0.05, 0.1) is 44.0 Å². The van der Waals surface area contributed by atoms with Crippen LogP contribution in [0.4, 0.5) is 5.69 Å². The van der Waals surface area contributed by atoms with Gasteiger partial charge in [0.1, 0.15) is 5.75 Å². The third-order valence-electron chi connectivity index (χ3n) is 5.25. The Balaban J connectivity index is 1.52. The number of methoxy groups -OCH3 is 1. The first-order valence-electron chi connectivity index (χ1n) is 9.34. The lowest BCUT2D eigenvalue weighted by molar-refractivity contribution is -0.914. The molecule has 1 fully saturated rings. The number of ether oxygens (including phenoxy) is 1. The van der Waals surface area contributed by atoms with Crippen molar-refractivity contribution < 1.29 is 14.4 Å². The van der Waals surface area contributed by atoms with Crippen molar-refractivity contribution in [1.29, 1.82) is 0 Å². The SMILES string of the molecule is COc1ccccc1CNC(=O)[C@H](C)[NH+]1CCN(c2ccccc2Cl)CC1. The molecule has 2 N–H and O–H groups in total. The summed E-state index contributed by atoms with van der Waals surface area (Å²) in [6.45, 7) is 6.08. The van der Waals surface area contributed by atoms with Crippen molar-refractivity contribution in [1.82, 2.24) is 5.32 Å². The molecule has 0 spiro atoms. The molecule has 1 saturated heterocycles. The van der Waals surface area contributed by atoms with Gasteiger partial charge < -0.3 is 19.9 Å². The number of para-hydroxylation sites is 2. The number of rotatable bonds is 6. The van der Waals surface area contributed by atoms with Crippen LogP contribution in [-0.4, -0.2) is 45.2 Å². The zero-order valence-electron chi connectivity index (χ0n) is 15.9. The van der Waals surface area contributed by atoms with Crippen LogP contribution in [0.3, 0.4) is 0 Å². The number of carbonyl (C=O) groups is 1. The van der Waals surface area contributed by atoms with Gasteiger partial charge in [0.25, 0.3) is 5.91 Å². The lowest BCUT2D eigenvalue weighted by Crippen LogP contribution is -3.19. The Morgan fingerprint density at radius 3 is 2.56 bits per heavy atom. The average Bonchev–Trinajstić information content (AvgIpc) is 2.72. The molecule has 27 heavy (non-hydrogen) atoms. The predicted octanol–water partition coefficient (Wildman–Crippen LogP) is 1.76. The second-order valence-electron chi connectivity index (χ2n) is 6.85. The van der Waals surface area contributed by atoms with E-state index in [1.807, 2.05) is 49.4 Å². The Bertz CT molecular complexity index is 776. The lowest BCUT2D eigenvalue weighted by atomic mass is 10.1. The van der Waals surface area contributed by atoms with Crippen molar-refractivity contribution in [2.24, 2.45) is 0 Å². The molecule has 1 atom stereocenters. The summed E-state index contributed by atoms with van der Waals surface area (Å²) >= 11 is 6.31. The zero-order chi connectivity index (χ0) is 19.2. The summed E-state index contributed by atoms with van der Waals surface area (Å²) in [5, 5.41) is 3.83. The van der Waals surface area contributed by atoms with Crippen molar-refractivity contribution in [2.45, 2.75) is 19.5 Å². The maximum Gasteiger partial charge on any atom is 0.278 e. The van der Waals surface area contributed by atoms with Gasteiger partial charge in [-0.15, -0.1) is 0 Å². The monoisotopic (exact) mass is 388 g/mol. The number of halogens is 1. The molecule has 0 unspecified atom stereocenters. The van der Waals surface area contributed by atoms with Crippen molar-refractivity contribution in [3.8, 4) is 5.75 Å². The van der Waals surface area contributed by atoms with E-state index in [2.05, 4.69) is 16.3 Å². The van der Waals surface area contributed by atoms with E-state index in [0.29, 0.717) is 6.54 Å². The Kier molecular flexibility index (Phi) is 6.58. The number of hydrogen-bond acceptors (Lipinski definition) is 3. The van der Waals surface area contributed by atoms with Crippen LogP contribution in [-0.2, 0) is 11.3 Å². The summed E-state index contributed by atoms with van der Waals surface area (Å²) in [7, 11) is 1.64. The van der Waals surface area contributed by atoms with Gasteiger partial charge in [-0.1, -0.05) is 41.9 Å². The van der Waals surface area contributed by atoms with Gasteiger partial charge in [-0.25, -0.2) is 0 Å². The van der Waals surface area contributed by atoms with Crippen molar-refractivity contribution in [2.75, 3.05) is 38.2 Å². The number of nitrogens with one attached hydrogen (secondary N) is 2. The third kappa shape index (κ3) is 4.73. The van der Waals surface area contributed by atoms with Gasteiger partial charge in [0.15, 0.2) is 6.04 Å². The van der Waals surface area contributed by atoms with Crippen LogP contribution >= 0.6 is 11.6 Å². The van der Waals surface area contributed by atoms with E-state index in [-0.39, 0.29) is 11.9 Å². The first-order valence-corrected chi connectivity index (χ1v) is 9.71. The number of hydrogen-bond donors (Lipinski definition) is 2. The van der Waals surface area contributed by atoms with Crippen LogP contribution in [0.15, 0.2) is 48.5 Å². The lowest BCUT2D eigenvalue weighted by Gasteiger charge is -2.36. The first-order chi connectivity index (χ1) is 13.1. The topological polar surface area (TPSA) is 46.0 Å². The molecule has 3 rings (SSSR count). The summed E-state index contributed by atoms with van der Waals surface area (Å²) in [5.74, 6) is 0.869. The van der Waals surface area contributed by atoms with Crippen LogP contribution in [0.1, 0.15) is 12.5 Å². The van der Waals surface area contributed by atoms with Gasteiger partial charge in [0.2, 0.25) is 0 Å². The number of amides is 1. The molecule has 1 amide bonds. The zero-order valence-corrected chi connectivity index (χ0v) is 16.6. The van der Waals surface area contributed by atoms with Crippen molar-refractivity contribution >= 4 is 23.2 Å². The highest BCUT2D eigenvalue weighted by molar-refractivity contribution is 6.33. The molecule has 1 aliphatic heterocycles. The number of benzene rings is 2. The number of nitrogens with zero attached hydrogens (tertiary/aromatic N) is 1. The highest BCUT2D eigenvalue weighted by atomic mass is 35.5. The predicted molar refractivity (Wildman–Crippen MR) is 109 cm³/mol. The van der Waals surface area contributed by atoms with E-state index in [4.69, 9.17) is 16.3 Å². The fourth-order valence-electron chi connectivity index (χ4n) is 3.55. The van der Waals surface area contributed by atoms with E-state index in [9.17, 15) is 4.79 Å². The molecule has 0 aromatic heterocycles. The molecule has 5 nitrogen and oxygen atoms in total. The molecule has 0 radical (unpaired) electrons. The molecule has 144 valence electrons. The van der Waals surface area contributed by atoms with Gasteiger partial charge in [-0.2, -0.15) is 0 Å². The number of quaternary nitrogens is 1. The van der Waals surface area contributed by atoms with Crippen LogP contribution in [0.2, 0.25) is 5.02 Å². The number of piperazine rings is 1. The fourth-order valence-corrected chi connectivity index (χ4v) is 3.80. The molecular weight excluding hydrogens is 362 g/mol. The van der Waals surface area contributed by atoms with Crippen LogP contribution in [0.25, 0.3) is 0 Å². The molecule has 0 bridgehead atoms. The minimum atomic E-state index is -0.0897. The van der Waals surface area contributed by atoms with Gasteiger partial charge >= 0.3 is 0 Å². The molecule has 2 aromatic rings. The van der Waals surface area contributed by atoms with Crippen LogP contribution in [0.5, 0.6) is 5.75 Å². The minimum absolute atomic E-state index is 0.0714. The molecule has 6 heteroatoms. The second kappa shape index (κ2) is 9.11. The van der Waals surface area contributed by atoms with Crippen LogP contribution < -0.4 is 19.9 Å². The molecule has 1 heterocycles. The maximum absolute atomic E-state index is 12.6. The molecular formula is C21H27ClN3O2+. The van der Waals surface area contributed by atoms with E-state index in [1.54, 1.807) is 7.11 Å². The summed E-state index contributed by atoms with van der Waals surface area (Å²) in [6.07, 6.45) is 0. The number of carbonyl (C=O) groups excluding carboxylic acids is 1. The largest absolute Gasteiger partial charge is 0.496 e. The van der Waals surface area contributed by atoms with Crippen LogP contribution in [0, 0.1) is 0 Å². The Morgan fingerprint density at radius 1 is 1.19 bits per heavy atom. The van der Waals surface area contributed by atoms with E-state index in [1.165, 1.54) is 4.90 Å². The second-order valence-corrected chi connectivity index (χ2v) is 7.26. The Labute approximate surface area is 165 Å². The van der Waals surface area contributed by atoms with Crippen molar-refractivity contribution in [3.05, 3.63) is 59.1 Å². The van der Waals surface area contributed by atoms with Gasteiger partial charge in [-0.05, 0) is 25.1 Å². The third-order valence-corrected chi connectivity index (χ3v) is 5.57. The maximum atomic E-state index is 12.6. The quantitative estimate of drug-likeness (QED) is 0.792. The smallest absolute Gasteiger partial charge is 0.278 e. The van der Waals surface area contributed by atoms with E-state index < -0.39 is 0 Å². The van der Waals surface area contributed by atoms with Gasteiger partial charge in [0, 0.05) is 12.1 Å². The minimum Gasteiger partial charge on any atom is -0.496 e. The standard InChI is InChI=1S/C21H26ClN3O2/c1-16(21(26)23-15-17-7-3-6-10-20(17)27-2)24-11-13-25(14-12-24)19-9-5-4-8-18(19)22/h3-10,16H,11-15H2,1-2H3,(H,23,26)/p+1/t16-/m0/s1. The number of anilines is 1. The van der Waals surface area contributed by atoms with E-state index in [0.717, 1.165) is 48.2 Å². The van der Waals surface area contributed by atoms with Crippen molar-refractivity contribution in [3.63, 3.8) is 0 Å². The van der Waals surface area contributed by atoms with E-state index >= 15 is 0 Å². The summed E-state index contributed by atoms with van der Waals surface area (Å²) in [5.41, 5.74) is 2.06. The highest BCUT2D eigenvalue weighted by Crippen LogP contribution is 2.24. The summed E-state index contributed by atoms with van der Waals surface area (Å²) in [6, 6.07) is 15.6. The molecule has 0 saturated carbocycles. The first kappa shape index (κ1) is 19.5. The van der Waals surface area contributed by atoms with Gasteiger partial charge in [-0.3, -0.25) is 4.79 Å². The average molecular weight is 389 g/mol. The molecule has 0 aliphatic carbocycles. The summed E-state index contributed by atoms with van der Waals surface area (Å²) in [4.78, 5) is 16.2.